The Hall–Kier alpha value is -3.14. The molecule has 0 aromatic heterocycles. The van der Waals surface area contributed by atoms with Crippen molar-refractivity contribution >= 4 is 5.69 Å². The lowest BCUT2D eigenvalue weighted by Gasteiger charge is -2.15. The van der Waals surface area contributed by atoms with Gasteiger partial charge in [0.25, 0.3) is 0 Å². The molecule has 4 nitrogen and oxygen atoms in total. The number of nitrogens with one attached hydrogen (secondary N) is 1. The zero-order valence-electron chi connectivity index (χ0n) is 16.0. The molecule has 0 aliphatic rings. The van der Waals surface area contributed by atoms with Gasteiger partial charge >= 0.3 is 0 Å². The maximum absolute atomic E-state index is 5.66. The summed E-state index contributed by atoms with van der Waals surface area (Å²) < 4.78 is 16.5. The Morgan fingerprint density at radius 1 is 0.741 bits per heavy atom. The molecule has 0 bridgehead atoms. The lowest BCUT2D eigenvalue weighted by atomic mass is 10.0. The molecule has 0 heterocycles. The Morgan fingerprint density at radius 3 is 2.19 bits per heavy atom. The third-order valence-corrected chi connectivity index (χ3v) is 4.32. The van der Waals surface area contributed by atoms with Crippen LogP contribution < -0.4 is 19.5 Å². The van der Waals surface area contributed by atoms with Crippen LogP contribution in [0.2, 0.25) is 0 Å². The summed E-state index contributed by atoms with van der Waals surface area (Å²) in [6.07, 6.45) is 0. The third-order valence-electron chi connectivity index (χ3n) is 4.32. The Labute approximate surface area is 160 Å². The van der Waals surface area contributed by atoms with Gasteiger partial charge in [-0.1, -0.05) is 42.5 Å². The molecule has 0 atom stereocenters. The molecular weight excluding hydrogens is 338 g/mol. The van der Waals surface area contributed by atoms with Crippen LogP contribution in [-0.2, 0) is 6.54 Å². The van der Waals surface area contributed by atoms with Crippen molar-refractivity contribution in [3.8, 4) is 28.4 Å². The molecule has 27 heavy (non-hydrogen) atoms. The van der Waals surface area contributed by atoms with Gasteiger partial charge in [0.2, 0.25) is 0 Å². The molecule has 0 fully saturated rings. The Bertz CT molecular complexity index is 878. The summed E-state index contributed by atoms with van der Waals surface area (Å²) in [5, 5.41) is 3.48. The van der Waals surface area contributed by atoms with E-state index in [0.717, 1.165) is 34.1 Å². The molecule has 140 valence electrons. The first-order chi connectivity index (χ1) is 13.2. The lowest BCUT2D eigenvalue weighted by molar-refractivity contribution is 0.310. The largest absolute Gasteiger partial charge is 0.495 e. The van der Waals surface area contributed by atoms with Gasteiger partial charge in [-0.2, -0.15) is 0 Å². The minimum absolute atomic E-state index is 0.597. The van der Waals surface area contributed by atoms with Crippen LogP contribution in [-0.4, -0.2) is 20.8 Å². The zero-order valence-corrected chi connectivity index (χ0v) is 16.0. The molecule has 0 radical (unpaired) electrons. The van der Waals surface area contributed by atoms with E-state index < -0.39 is 0 Å². The van der Waals surface area contributed by atoms with E-state index in [-0.39, 0.29) is 0 Å². The Morgan fingerprint density at radius 2 is 1.48 bits per heavy atom. The number of benzene rings is 3. The number of anilines is 1. The molecule has 0 amide bonds. The number of ether oxygens (including phenoxy) is 3. The summed E-state index contributed by atoms with van der Waals surface area (Å²) in [6, 6.07) is 22.4. The number of hydrogen-bond acceptors (Lipinski definition) is 4. The van der Waals surface area contributed by atoms with E-state index >= 15 is 0 Å². The van der Waals surface area contributed by atoms with Crippen molar-refractivity contribution in [2.45, 2.75) is 13.5 Å². The fraction of sp³-hybridized carbons (Fsp3) is 0.217. The molecule has 0 spiro atoms. The molecule has 0 aliphatic heterocycles. The van der Waals surface area contributed by atoms with Crippen molar-refractivity contribution in [1.82, 2.24) is 0 Å². The molecule has 3 aromatic rings. The van der Waals surface area contributed by atoms with Crippen molar-refractivity contribution < 1.29 is 14.2 Å². The van der Waals surface area contributed by atoms with Gasteiger partial charge < -0.3 is 19.5 Å². The monoisotopic (exact) mass is 363 g/mol. The summed E-state index contributed by atoms with van der Waals surface area (Å²) in [6.45, 7) is 3.21. The van der Waals surface area contributed by atoms with E-state index in [1.807, 2.05) is 49.4 Å². The number of hydrogen-bond donors (Lipinski definition) is 1. The zero-order chi connectivity index (χ0) is 19.1. The average molecular weight is 363 g/mol. The molecular formula is C23H25NO3. The summed E-state index contributed by atoms with van der Waals surface area (Å²) >= 11 is 0. The first-order valence-corrected chi connectivity index (χ1v) is 9.02. The van der Waals surface area contributed by atoms with E-state index in [9.17, 15) is 0 Å². The molecule has 3 aromatic carbocycles. The Kier molecular flexibility index (Phi) is 6.21. The highest BCUT2D eigenvalue weighted by atomic mass is 16.5. The van der Waals surface area contributed by atoms with Gasteiger partial charge in [-0.3, -0.25) is 0 Å². The first-order valence-electron chi connectivity index (χ1n) is 9.02. The second kappa shape index (κ2) is 8.99. The predicted molar refractivity (Wildman–Crippen MR) is 110 cm³/mol. The van der Waals surface area contributed by atoms with Crippen LogP contribution in [0.1, 0.15) is 12.5 Å². The quantitative estimate of drug-likeness (QED) is 0.583. The molecule has 0 aliphatic carbocycles. The van der Waals surface area contributed by atoms with Crippen LogP contribution in [0.25, 0.3) is 11.1 Å². The van der Waals surface area contributed by atoms with Crippen molar-refractivity contribution in [2.75, 3.05) is 26.1 Å². The van der Waals surface area contributed by atoms with Crippen molar-refractivity contribution in [2.24, 2.45) is 0 Å². The minimum Gasteiger partial charge on any atom is -0.495 e. The van der Waals surface area contributed by atoms with Crippen LogP contribution >= 0.6 is 0 Å². The van der Waals surface area contributed by atoms with Gasteiger partial charge in [-0.25, -0.2) is 0 Å². The molecule has 0 saturated carbocycles. The first kappa shape index (κ1) is 18.6. The van der Waals surface area contributed by atoms with E-state index in [0.29, 0.717) is 13.2 Å². The lowest BCUT2D eigenvalue weighted by Crippen LogP contribution is -2.03. The highest BCUT2D eigenvalue weighted by Crippen LogP contribution is 2.32. The van der Waals surface area contributed by atoms with E-state index in [1.54, 1.807) is 14.2 Å². The predicted octanol–water partition coefficient (Wildman–Crippen LogP) is 5.38. The topological polar surface area (TPSA) is 39.7 Å². The molecule has 4 heteroatoms. The van der Waals surface area contributed by atoms with Crippen LogP contribution in [0, 0.1) is 0 Å². The maximum atomic E-state index is 5.66. The SMILES string of the molecule is CCOc1cc(CNc2cc(-c3ccccc3)ccc2OC)ccc1OC. The highest BCUT2D eigenvalue weighted by Gasteiger charge is 2.08. The Balaban J connectivity index is 1.82. The summed E-state index contributed by atoms with van der Waals surface area (Å²) in [5.41, 5.74) is 4.37. The molecule has 0 saturated heterocycles. The summed E-state index contributed by atoms with van der Waals surface area (Å²) in [5.74, 6) is 2.31. The highest BCUT2D eigenvalue weighted by molar-refractivity contribution is 5.72. The average Bonchev–Trinajstić information content (AvgIpc) is 2.73. The van der Waals surface area contributed by atoms with E-state index in [1.165, 1.54) is 5.56 Å². The molecule has 0 unspecified atom stereocenters. The second-order valence-corrected chi connectivity index (χ2v) is 6.05. The second-order valence-electron chi connectivity index (χ2n) is 6.05. The van der Waals surface area contributed by atoms with Gasteiger partial charge in [0.15, 0.2) is 11.5 Å². The molecule has 1 N–H and O–H groups in total. The van der Waals surface area contributed by atoms with Gasteiger partial charge in [-0.15, -0.1) is 0 Å². The van der Waals surface area contributed by atoms with Crippen molar-refractivity contribution in [1.29, 1.82) is 0 Å². The van der Waals surface area contributed by atoms with Crippen molar-refractivity contribution in [3.05, 3.63) is 72.3 Å². The van der Waals surface area contributed by atoms with Crippen LogP contribution in [0.4, 0.5) is 5.69 Å². The molecule has 3 rings (SSSR count). The van der Waals surface area contributed by atoms with Crippen molar-refractivity contribution in [3.63, 3.8) is 0 Å². The van der Waals surface area contributed by atoms with Gasteiger partial charge in [0, 0.05) is 6.54 Å². The van der Waals surface area contributed by atoms with Crippen LogP contribution in [0.3, 0.4) is 0 Å². The van der Waals surface area contributed by atoms with Gasteiger partial charge in [0.05, 0.1) is 26.5 Å². The van der Waals surface area contributed by atoms with E-state index in [4.69, 9.17) is 14.2 Å². The fourth-order valence-corrected chi connectivity index (χ4v) is 2.95. The minimum atomic E-state index is 0.597. The summed E-state index contributed by atoms with van der Waals surface area (Å²) in [4.78, 5) is 0. The fourth-order valence-electron chi connectivity index (χ4n) is 2.95. The van der Waals surface area contributed by atoms with Gasteiger partial charge in [-0.05, 0) is 47.9 Å². The number of rotatable bonds is 8. The third kappa shape index (κ3) is 4.53. The van der Waals surface area contributed by atoms with Gasteiger partial charge in [0.1, 0.15) is 5.75 Å². The number of methoxy groups -OCH3 is 2. The van der Waals surface area contributed by atoms with Crippen LogP contribution in [0.5, 0.6) is 17.2 Å². The van der Waals surface area contributed by atoms with E-state index in [2.05, 4.69) is 29.6 Å². The normalized spacial score (nSPS) is 10.3. The maximum Gasteiger partial charge on any atom is 0.161 e. The van der Waals surface area contributed by atoms with Crippen LogP contribution in [0.15, 0.2) is 66.7 Å². The summed E-state index contributed by atoms with van der Waals surface area (Å²) in [7, 11) is 3.33. The standard InChI is InChI=1S/C23H25NO3/c1-4-27-23-14-17(10-12-22(23)26-3)16-24-20-15-19(11-13-21(20)25-2)18-8-6-5-7-9-18/h5-15,24H,4,16H2,1-3H3. The smallest absolute Gasteiger partial charge is 0.161 e.